The van der Waals surface area contributed by atoms with E-state index in [-0.39, 0.29) is 6.61 Å². The first kappa shape index (κ1) is 15.7. The van der Waals surface area contributed by atoms with Crippen LogP contribution in [-0.4, -0.2) is 28.3 Å². The Balaban J connectivity index is 2.50. The van der Waals surface area contributed by atoms with Gasteiger partial charge in [0.15, 0.2) is 6.61 Å². The number of carbonyl (C=O) groups excluding carboxylic acids is 2. The number of allylic oxidation sites excluding steroid dienone is 3. The van der Waals surface area contributed by atoms with Crippen molar-refractivity contribution in [2.24, 2.45) is 7.05 Å². The first-order chi connectivity index (χ1) is 9.45. The van der Waals surface area contributed by atoms with Gasteiger partial charge in [-0.3, -0.25) is 9.48 Å². The van der Waals surface area contributed by atoms with E-state index in [9.17, 15) is 9.59 Å². The third-order valence-corrected chi connectivity index (χ3v) is 2.65. The zero-order valence-corrected chi connectivity index (χ0v) is 12.1. The monoisotopic (exact) mass is 277 g/mol. The molecule has 0 unspecified atom stereocenters. The Morgan fingerprint density at radius 3 is 2.60 bits per heavy atom. The molecule has 0 aromatic carbocycles. The Morgan fingerprint density at radius 1 is 1.35 bits per heavy atom. The Labute approximate surface area is 118 Å². The van der Waals surface area contributed by atoms with Crippen LogP contribution in [-0.2, 0) is 21.4 Å². The van der Waals surface area contributed by atoms with Crippen LogP contribution >= 0.6 is 0 Å². The molecule has 1 amide bonds. The number of esters is 1. The van der Waals surface area contributed by atoms with Gasteiger partial charge in [-0.1, -0.05) is 18.2 Å². The number of ether oxygens (including phenoxy) is 1. The molecule has 6 heteroatoms. The summed E-state index contributed by atoms with van der Waals surface area (Å²) in [5.74, 6) is -0.949. The predicted octanol–water partition coefficient (Wildman–Crippen LogP) is 1.65. The van der Waals surface area contributed by atoms with Crippen molar-refractivity contribution in [3.05, 3.63) is 35.7 Å². The quantitative estimate of drug-likeness (QED) is 0.504. The summed E-state index contributed by atoms with van der Waals surface area (Å²) in [5, 5.41) is 6.87. The number of anilines is 1. The average Bonchev–Trinajstić information content (AvgIpc) is 2.63. The van der Waals surface area contributed by atoms with Gasteiger partial charge in [0.05, 0.1) is 17.1 Å². The molecule has 0 atom stereocenters. The van der Waals surface area contributed by atoms with Gasteiger partial charge in [-0.15, -0.1) is 0 Å². The Hall–Kier alpha value is -2.37. The highest BCUT2D eigenvalue weighted by molar-refractivity contribution is 5.94. The maximum atomic E-state index is 11.7. The summed E-state index contributed by atoms with van der Waals surface area (Å²) in [6.45, 7) is 5.16. The standard InChI is InChI=1S/C14H19N3O3/c1-5-6-7-8-13(19)20-9-12(18)15-14-10(2)16-17(4)11(14)3/h5-8H,9H2,1-4H3,(H,15,18)/b6-5+,8-7+. The highest BCUT2D eigenvalue weighted by atomic mass is 16.5. The highest BCUT2D eigenvalue weighted by Crippen LogP contribution is 2.17. The van der Waals surface area contributed by atoms with Gasteiger partial charge in [-0.2, -0.15) is 5.10 Å². The van der Waals surface area contributed by atoms with Gasteiger partial charge in [0.2, 0.25) is 0 Å². The molecule has 0 bridgehead atoms. The fourth-order valence-corrected chi connectivity index (χ4v) is 1.56. The molecule has 1 aromatic heterocycles. The van der Waals surface area contributed by atoms with Gasteiger partial charge in [-0.05, 0) is 20.8 Å². The molecular formula is C14H19N3O3. The van der Waals surface area contributed by atoms with E-state index in [2.05, 4.69) is 10.4 Å². The Kier molecular flexibility index (Phi) is 5.71. The average molecular weight is 277 g/mol. The molecule has 0 fully saturated rings. The van der Waals surface area contributed by atoms with Crippen molar-refractivity contribution in [1.82, 2.24) is 9.78 Å². The van der Waals surface area contributed by atoms with Crippen molar-refractivity contribution in [3.63, 3.8) is 0 Å². The number of nitrogens with one attached hydrogen (secondary N) is 1. The molecule has 0 aliphatic carbocycles. The van der Waals surface area contributed by atoms with E-state index in [1.54, 1.807) is 36.9 Å². The van der Waals surface area contributed by atoms with Crippen molar-refractivity contribution in [1.29, 1.82) is 0 Å². The van der Waals surface area contributed by atoms with Gasteiger partial charge in [-0.25, -0.2) is 4.79 Å². The lowest BCUT2D eigenvalue weighted by Gasteiger charge is -2.05. The molecule has 1 aromatic rings. The van der Waals surface area contributed by atoms with Crippen LogP contribution in [0.25, 0.3) is 0 Å². The molecule has 1 N–H and O–H groups in total. The number of rotatable bonds is 5. The summed E-state index contributed by atoms with van der Waals surface area (Å²) in [4.78, 5) is 23.0. The van der Waals surface area contributed by atoms with Crippen molar-refractivity contribution in [3.8, 4) is 0 Å². The topological polar surface area (TPSA) is 73.2 Å². The first-order valence-corrected chi connectivity index (χ1v) is 6.22. The Bertz CT molecular complexity index is 556. The van der Waals surface area contributed by atoms with Crippen LogP contribution in [0.2, 0.25) is 0 Å². The fraction of sp³-hybridized carbons (Fsp3) is 0.357. The third kappa shape index (κ3) is 4.38. The molecule has 0 aliphatic rings. The first-order valence-electron chi connectivity index (χ1n) is 6.22. The molecule has 20 heavy (non-hydrogen) atoms. The molecular weight excluding hydrogens is 258 g/mol. The number of aromatic nitrogens is 2. The number of hydrogen-bond donors (Lipinski definition) is 1. The summed E-state index contributed by atoms with van der Waals surface area (Å²) in [6.07, 6.45) is 6.29. The summed E-state index contributed by atoms with van der Waals surface area (Å²) in [7, 11) is 1.80. The van der Waals surface area contributed by atoms with E-state index >= 15 is 0 Å². The van der Waals surface area contributed by atoms with E-state index in [4.69, 9.17) is 4.74 Å². The highest BCUT2D eigenvalue weighted by Gasteiger charge is 2.13. The molecule has 0 spiro atoms. The van der Waals surface area contributed by atoms with Gasteiger partial charge in [0.1, 0.15) is 0 Å². The van der Waals surface area contributed by atoms with Crippen molar-refractivity contribution in [2.45, 2.75) is 20.8 Å². The number of hydrogen-bond acceptors (Lipinski definition) is 4. The van der Waals surface area contributed by atoms with Crippen LogP contribution in [0, 0.1) is 13.8 Å². The second-order valence-corrected chi connectivity index (χ2v) is 4.21. The van der Waals surface area contributed by atoms with E-state index in [1.165, 1.54) is 6.08 Å². The molecule has 1 heterocycles. The molecule has 0 saturated heterocycles. The maximum absolute atomic E-state index is 11.7. The smallest absolute Gasteiger partial charge is 0.331 e. The van der Waals surface area contributed by atoms with Crippen LogP contribution in [0.3, 0.4) is 0 Å². The van der Waals surface area contributed by atoms with E-state index in [1.807, 2.05) is 13.8 Å². The van der Waals surface area contributed by atoms with Gasteiger partial charge < -0.3 is 10.1 Å². The summed E-state index contributed by atoms with van der Waals surface area (Å²) >= 11 is 0. The zero-order chi connectivity index (χ0) is 15.1. The molecule has 6 nitrogen and oxygen atoms in total. The second kappa shape index (κ2) is 7.28. The van der Waals surface area contributed by atoms with Crippen molar-refractivity contribution in [2.75, 3.05) is 11.9 Å². The predicted molar refractivity (Wildman–Crippen MR) is 76.2 cm³/mol. The van der Waals surface area contributed by atoms with Crippen LogP contribution < -0.4 is 5.32 Å². The van der Waals surface area contributed by atoms with Crippen LogP contribution in [0.5, 0.6) is 0 Å². The lowest BCUT2D eigenvalue weighted by Crippen LogP contribution is -2.20. The summed E-state index contributed by atoms with van der Waals surface area (Å²) in [5.41, 5.74) is 2.21. The maximum Gasteiger partial charge on any atom is 0.331 e. The SMILES string of the molecule is C/C=C/C=C/C(=O)OCC(=O)Nc1c(C)nn(C)c1C. The lowest BCUT2D eigenvalue weighted by molar-refractivity contribution is -0.142. The largest absolute Gasteiger partial charge is 0.452 e. The van der Waals surface area contributed by atoms with Crippen molar-refractivity contribution >= 4 is 17.6 Å². The third-order valence-electron chi connectivity index (χ3n) is 2.65. The molecule has 0 radical (unpaired) electrons. The van der Waals surface area contributed by atoms with Gasteiger partial charge in [0.25, 0.3) is 5.91 Å². The minimum Gasteiger partial charge on any atom is -0.452 e. The summed E-state index contributed by atoms with van der Waals surface area (Å²) in [6, 6.07) is 0. The minimum absolute atomic E-state index is 0.327. The van der Waals surface area contributed by atoms with Gasteiger partial charge >= 0.3 is 5.97 Å². The number of nitrogens with zero attached hydrogens (tertiary/aromatic N) is 2. The van der Waals surface area contributed by atoms with Crippen molar-refractivity contribution < 1.29 is 14.3 Å². The molecule has 108 valence electrons. The van der Waals surface area contributed by atoms with Crippen LogP contribution in [0.4, 0.5) is 5.69 Å². The van der Waals surface area contributed by atoms with E-state index in [0.29, 0.717) is 5.69 Å². The second-order valence-electron chi connectivity index (χ2n) is 4.21. The zero-order valence-electron chi connectivity index (χ0n) is 12.1. The minimum atomic E-state index is -0.558. The van der Waals surface area contributed by atoms with Crippen LogP contribution in [0.1, 0.15) is 18.3 Å². The molecule has 0 saturated carbocycles. The summed E-state index contributed by atoms with van der Waals surface area (Å²) < 4.78 is 6.49. The van der Waals surface area contributed by atoms with E-state index in [0.717, 1.165) is 11.4 Å². The normalized spacial score (nSPS) is 11.2. The van der Waals surface area contributed by atoms with E-state index < -0.39 is 11.9 Å². The number of carbonyl (C=O) groups is 2. The Morgan fingerprint density at radius 2 is 2.05 bits per heavy atom. The molecule has 0 aliphatic heterocycles. The molecule has 1 rings (SSSR count). The van der Waals surface area contributed by atoms with Gasteiger partial charge in [0, 0.05) is 13.1 Å². The number of aryl methyl sites for hydroxylation is 2. The fourth-order valence-electron chi connectivity index (χ4n) is 1.56. The lowest BCUT2D eigenvalue weighted by atomic mass is 10.3. The number of amides is 1. The van der Waals surface area contributed by atoms with Crippen LogP contribution in [0.15, 0.2) is 24.3 Å².